The van der Waals surface area contributed by atoms with E-state index in [-0.39, 0.29) is 6.04 Å². The standard InChI is InChI=1S/C17H28N2O/c1-13-8-14(2)10-16(9-13)17(18)11-19(3)6-7-20-12-15-4-5-15/h8-10,15,17H,4-7,11-12,18H2,1-3H3. The first kappa shape index (κ1) is 15.5. The van der Waals surface area contributed by atoms with E-state index in [0.717, 1.165) is 32.2 Å². The van der Waals surface area contributed by atoms with E-state index < -0.39 is 0 Å². The molecule has 112 valence electrons. The molecule has 3 nitrogen and oxygen atoms in total. The maximum absolute atomic E-state index is 6.31. The van der Waals surface area contributed by atoms with E-state index >= 15 is 0 Å². The third-order valence-corrected chi connectivity index (χ3v) is 3.85. The molecule has 0 bridgehead atoms. The minimum absolute atomic E-state index is 0.0713. The van der Waals surface area contributed by atoms with Crippen molar-refractivity contribution in [2.75, 3.05) is 33.4 Å². The Kier molecular flexibility index (Phi) is 5.58. The Bertz CT molecular complexity index is 409. The van der Waals surface area contributed by atoms with Crippen molar-refractivity contribution in [3.05, 3.63) is 34.9 Å². The zero-order valence-corrected chi connectivity index (χ0v) is 13.1. The van der Waals surface area contributed by atoms with Crippen molar-refractivity contribution in [1.82, 2.24) is 4.90 Å². The highest BCUT2D eigenvalue weighted by molar-refractivity contribution is 5.30. The SMILES string of the molecule is Cc1cc(C)cc(C(N)CN(C)CCOCC2CC2)c1. The van der Waals surface area contributed by atoms with Crippen LogP contribution in [0, 0.1) is 19.8 Å². The summed E-state index contributed by atoms with van der Waals surface area (Å²) >= 11 is 0. The van der Waals surface area contributed by atoms with Crippen LogP contribution < -0.4 is 5.73 Å². The second kappa shape index (κ2) is 7.21. The molecule has 1 saturated carbocycles. The van der Waals surface area contributed by atoms with Crippen LogP contribution in [0.4, 0.5) is 0 Å². The fourth-order valence-electron chi connectivity index (χ4n) is 2.51. The number of likely N-dealkylation sites (N-methyl/N-ethyl adjacent to an activating group) is 1. The molecule has 3 heteroatoms. The number of nitrogens with two attached hydrogens (primary N) is 1. The normalized spacial score (nSPS) is 16.6. The molecule has 0 amide bonds. The van der Waals surface area contributed by atoms with Crippen LogP contribution in [0.25, 0.3) is 0 Å². The Balaban J connectivity index is 1.72. The summed E-state index contributed by atoms with van der Waals surface area (Å²) in [5, 5.41) is 0. The van der Waals surface area contributed by atoms with Gasteiger partial charge in [0.05, 0.1) is 6.61 Å². The van der Waals surface area contributed by atoms with Crippen molar-refractivity contribution in [2.24, 2.45) is 11.7 Å². The van der Waals surface area contributed by atoms with Gasteiger partial charge < -0.3 is 15.4 Å². The zero-order chi connectivity index (χ0) is 14.5. The average Bonchev–Trinajstić information content (AvgIpc) is 3.17. The van der Waals surface area contributed by atoms with E-state index in [9.17, 15) is 0 Å². The fraction of sp³-hybridized carbons (Fsp3) is 0.647. The van der Waals surface area contributed by atoms with Gasteiger partial charge in [0, 0.05) is 25.7 Å². The number of hydrogen-bond donors (Lipinski definition) is 1. The summed E-state index contributed by atoms with van der Waals surface area (Å²) in [6, 6.07) is 6.64. The predicted molar refractivity (Wildman–Crippen MR) is 83.9 cm³/mol. The van der Waals surface area contributed by atoms with E-state index in [1.807, 2.05) is 0 Å². The highest BCUT2D eigenvalue weighted by Gasteiger charge is 2.21. The summed E-state index contributed by atoms with van der Waals surface area (Å²) in [5.41, 5.74) is 10.1. The highest BCUT2D eigenvalue weighted by Crippen LogP contribution is 2.28. The lowest BCUT2D eigenvalue weighted by Gasteiger charge is -2.22. The second-order valence-electron chi connectivity index (χ2n) is 6.31. The first-order valence-corrected chi connectivity index (χ1v) is 7.64. The number of benzene rings is 1. The molecule has 1 aromatic rings. The van der Waals surface area contributed by atoms with E-state index in [1.165, 1.54) is 29.5 Å². The Morgan fingerprint density at radius 2 is 1.90 bits per heavy atom. The molecule has 20 heavy (non-hydrogen) atoms. The summed E-state index contributed by atoms with van der Waals surface area (Å²) in [6.45, 7) is 7.82. The monoisotopic (exact) mass is 276 g/mol. The van der Waals surface area contributed by atoms with Crippen LogP contribution in [0.15, 0.2) is 18.2 Å². The smallest absolute Gasteiger partial charge is 0.0593 e. The number of nitrogens with zero attached hydrogens (tertiary/aromatic N) is 1. The molecule has 1 aliphatic carbocycles. The largest absolute Gasteiger partial charge is 0.380 e. The van der Waals surface area contributed by atoms with Crippen molar-refractivity contribution in [1.29, 1.82) is 0 Å². The van der Waals surface area contributed by atoms with E-state index in [1.54, 1.807) is 0 Å². The lowest BCUT2D eigenvalue weighted by atomic mass is 10.0. The molecule has 1 aliphatic rings. The summed E-state index contributed by atoms with van der Waals surface area (Å²) in [6.07, 6.45) is 2.71. The number of rotatable bonds is 8. The third kappa shape index (κ3) is 5.23. The number of aryl methyl sites for hydroxylation is 2. The molecule has 0 saturated heterocycles. The summed E-state index contributed by atoms with van der Waals surface area (Å²) in [7, 11) is 2.11. The third-order valence-electron chi connectivity index (χ3n) is 3.85. The quantitative estimate of drug-likeness (QED) is 0.742. The van der Waals surface area contributed by atoms with Crippen LogP contribution in [0.3, 0.4) is 0 Å². The average molecular weight is 276 g/mol. The molecular weight excluding hydrogens is 248 g/mol. The van der Waals surface area contributed by atoms with Crippen LogP contribution in [0.5, 0.6) is 0 Å². The van der Waals surface area contributed by atoms with Gasteiger partial charge in [-0.25, -0.2) is 0 Å². The van der Waals surface area contributed by atoms with Crippen LogP contribution in [-0.4, -0.2) is 38.3 Å². The Labute approximate surface area is 123 Å². The van der Waals surface area contributed by atoms with Crippen molar-refractivity contribution in [2.45, 2.75) is 32.7 Å². The van der Waals surface area contributed by atoms with E-state index in [0.29, 0.717) is 0 Å². The molecule has 0 spiro atoms. The van der Waals surface area contributed by atoms with Crippen molar-refractivity contribution in [3.63, 3.8) is 0 Å². The fourth-order valence-corrected chi connectivity index (χ4v) is 2.51. The number of hydrogen-bond acceptors (Lipinski definition) is 3. The summed E-state index contributed by atoms with van der Waals surface area (Å²) in [5.74, 6) is 0.845. The lowest BCUT2D eigenvalue weighted by Crippen LogP contribution is -2.31. The molecule has 1 aromatic carbocycles. The maximum Gasteiger partial charge on any atom is 0.0593 e. The molecule has 1 atom stereocenters. The van der Waals surface area contributed by atoms with Gasteiger partial charge in [-0.2, -0.15) is 0 Å². The molecule has 2 N–H and O–H groups in total. The molecule has 0 aliphatic heterocycles. The Morgan fingerprint density at radius 3 is 2.50 bits per heavy atom. The van der Waals surface area contributed by atoms with Gasteiger partial charge in [-0.1, -0.05) is 29.3 Å². The predicted octanol–water partition coefficient (Wildman–Crippen LogP) is 2.66. The molecule has 0 heterocycles. The van der Waals surface area contributed by atoms with Crippen LogP contribution in [0.2, 0.25) is 0 Å². The van der Waals surface area contributed by atoms with Crippen molar-refractivity contribution in [3.8, 4) is 0 Å². The van der Waals surface area contributed by atoms with Gasteiger partial charge >= 0.3 is 0 Å². The molecule has 1 unspecified atom stereocenters. The highest BCUT2D eigenvalue weighted by atomic mass is 16.5. The Morgan fingerprint density at radius 1 is 1.25 bits per heavy atom. The Hall–Kier alpha value is -0.900. The lowest BCUT2D eigenvalue weighted by molar-refractivity contribution is 0.102. The first-order chi connectivity index (χ1) is 9.54. The van der Waals surface area contributed by atoms with E-state index in [2.05, 4.69) is 44.0 Å². The molecule has 2 rings (SSSR count). The number of ether oxygens (including phenoxy) is 1. The van der Waals surface area contributed by atoms with Gasteiger partial charge in [-0.3, -0.25) is 0 Å². The molecule has 1 fully saturated rings. The molecule has 0 radical (unpaired) electrons. The second-order valence-corrected chi connectivity index (χ2v) is 6.31. The van der Waals surface area contributed by atoms with Gasteiger partial charge in [0.2, 0.25) is 0 Å². The van der Waals surface area contributed by atoms with Crippen molar-refractivity contribution >= 4 is 0 Å². The topological polar surface area (TPSA) is 38.5 Å². The first-order valence-electron chi connectivity index (χ1n) is 7.64. The van der Waals surface area contributed by atoms with Gasteiger partial charge in [-0.15, -0.1) is 0 Å². The van der Waals surface area contributed by atoms with Gasteiger partial charge in [0.15, 0.2) is 0 Å². The maximum atomic E-state index is 6.31. The minimum atomic E-state index is 0.0713. The van der Waals surface area contributed by atoms with Crippen LogP contribution in [0.1, 0.15) is 35.6 Å². The van der Waals surface area contributed by atoms with Gasteiger partial charge in [-0.05, 0) is 45.2 Å². The van der Waals surface area contributed by atoms with E-state index in [4.69, 9.17) is 10.5 Å². The van der Waals surface area contributed by atoms with Crippen LogP contribution >= 0.6 is 0 Å². The molecular formula is C17H28N2O. The van der Waals surface area contributed by atoms with Gasteiger partial charge in [0.25, 0.3) is 0 Å². The van der Waals surface area contributed by atoms with Crippen LogP contribution in [-0.2, 0) is 4.74 Å². The summed E-state index contributed by atoms with van der Waals surface area (Å²) < 4.78 is 5.67. The van der Waals surface area contributed by atoms with Crippen molar-refractivity contribution < 1.29 is 4.74 Å². The summed E-state index contributed by atoms with van der Waals surface area (Å²) in [4.78, 5) is 2.26. The zero-order valence-electron chi connectivity index (χ0n) is 13.1. The van der Waals surface area contributed by atoms with Gasteiger partial charge in [0.1, 0.15) is 0 Å². The minimum Gasteiger partial charge on any atom is -0.380 e. The molecule has 0 aromatic heterocycles.